The molecule has 2 saturated heterocycles. The van der Waals surface area contributed by atoms with Crippen molar-refractivity contribution < 1.29 is 9.53 Å². The van der Waals surface area contributed by atoms with Crippen molar-refractivity contribution >= 4 is 18.3 Å². The summed E-state index contributed by atoms with van der Waals surface area (Å²) in [7, 11) is 0. The first-order valence-electron chi connectivity index (χ1n) is 8.24. The zero-order chi connectivity index (χ0) is 15.5. The fraction of sp³-hybridized carbons (Fsp3) is 0.800. The molecule has 0 bridgehead atoms. The van der Waals surface area contributed by atoms with Gasteiger partial charge in [-0.2, -0.15) is 0 Å². The van der Waals surface area contributed by atoms with Gasteiger partial charge in [0.05, 0.1) is 24.4 Å². The van der Waals surface area contributed by atoms with Crippen LogP contribution in [-0.4, -0.2) is 64.2 Å². The predicted octanol–water partition coefficient (Wildman–Crippen LogP) is 1.26. The molecule has 3 heterocycles. The fourth-order valence-electron chi connectivity index (χ4n) is 3.22. The molecule has 130 valence electrons. The van der Waals surface area contributed by atoms with Gasteiger partial charge in [-0.05, 0) is 39.3 Å². The number of amides is 1. The van der Waals surface area contributed by atoms with Crippen LogP contribution in [0.25, 0.3) is 0 Å². The predicted molar refractivity (Wildman–Crippen MR) is 88.9 cm³/mol. The lowest BCUT2D eigenvalue weighted by molar-refractivity contribution is -0.0682. The number of piperidine rings is 1. The lowest BCUT2D eigenvalue weighted by Gasteiger charge is -2.36. The summed E-state index contributed by atoms with van der Waals surface area (Å²) in [6.07, 6.45) is 4.97. The second-order valence-corrected chi connectivity index (χ2v) is 6.25. The monoisotopic (exact) mass is 343 g/mol. The quantitative estimate of drug-likeness (QED) is 0.894. The van der Waals surface area contributed by atoms with Crippen LogP contribution in [-0.2, 0) is 4.74 Å². The Balaban J connectivity index is 0.00000192. The molecule has 23 heavy (non-hydrogen) atoms. The van der Waals surface area contributed by atoms with Gasteiger partial charge < -0.3 is 15.0 Å². The van der Waals surface area contributed by atoms with Crippen molar-refractivity contribution in [2.24, 2.45) is 0 Å². The molecule has 2 aliphatic heterocycles. The van der Waals surface area contributed by atoms with Gasteiger partial charge >= 0.3 is 0 Å². The van der Waals surface area contributed by atoms with Crippen LogP contribution in [0.4, 0.5) is 0 Å². The topological polar surface area (TPSA) is 72.3 Å². The van der Waals surface area contributed by atoms with Crippen molar-refractivity contribution in [3.63, 3.8) is 0 Å². The summed E-state index contributed by atoms with van der Waals surface area (Å²) in [5.74, 6) is -0.0335. The summed E-state index contributed by atoms with van der Waals surface area (Å²) < 4.78 is 7.67. The molecular formula is C15H26ClN5O2. The molecule has 1 aromatic heterocycles. The van der Waals surface area contributed by atoms with E-state index in [0.29, 0.717) is 24.8 Å². The zero-order valence-corrected chi connectivity index (χ0v) is 14.6. The Labute approximate surface area is 143 Å². The average molecular weight is 344 g/mol. The van der Waals surface area contributed by atoms with Gasteiger partial charge in [0.1, 0.15) is 0 Å². The summed E-state index contributed by atoms with van der Waals surface area (Å²) >= 11 is 0. The summed E-state index contributed by atoms with van der Waals surface area (Å²) in [6.45, 7) is 7.34. The molecular weight excluding hydrogens is 318 g/mol. The molecule has 2 atom stereocenters. The van der Waals surface area contributed by atoms with Crippen molar-refractivity contribution in [2.75, 3.05) is 26.2 Å². The molecule has 2 aliphatic rings. The number of nitrogens with one attached hydrogen (secondary N) is 1. The Kier molecular flexibility index (Phi) is 6.38. The number of halogens is 1. The van der Waals surface area contributed by atoms with Gasteiger partial charge in [0, 0.05) is 13.1 Å². The molecule has 0 spiro atoms. The zero-order valence-electron chi connectivity index (χ0n) is 13.8. The highest BCUT2D eigenvalue weighted by Crippen LogP contribution is 2.19. The highest BCUT2D eigenvalue weighted by Gasteiger charge is 2.29. The number of morpholine rings is 1. The SMILES string of the molecule is CCC1CN(C(=O)c2cn(C3CCNCC3)nn2)CC(C)O1.Cl. The lowest BCUT2D eigenvalue weighted by Crippen LogP contribution is -2.49. The Morgan fingerprint density at radius 3 is 2.83 bits per heavy atom. The highest BCUT2D eigenvalue weighted by molar-refractivity contribution is 5.92. The number of rotatable bonds is 3. The highest BCUT2D eigenvalue weighted by atomic mass is 35.5. The van der Waals surface area contributed by atoms with Gasteiger partial charge in [-0.25, -0.2) is 4.68 Å². The standard InChI is InChI=1S/C15H25N5O2.ClH/c1-3-13-9-19(8-11(2)22-13)15(21)14-10-20(18-17-14)12-4-6-16-7-5-12;/h10-13,16H,3-9H2,1-2H3;1H. The Morgan fingerprint density at radius 2 is 2.13 bits per heavy atom. The van der Waals surface area contributed by atoms with Gasteiger partial charge in [-0.3, -0.25) is 4.79 Å². The van der Waals surface area contributed by atoms with E-state index in [9.17, 15) is 4.79 Å². The van der Waals surface area contributed by atoms with E-state index < -0.39 is 0 Å². The van der Waals surface area contributed by atoms with E-state index in [1.807, 2.05) is 16.5 Å². The third-order valence-electron chi connectivity index (χ3n) is 4.48. The number of hydrogen-bond acceptors (Lipinski definition) is 5. The fourth-order valence-corrected chi connectivity index (χ4v) is 3.22. The Hall–Kier alpha value is -1.18. The molecule has 0 saturated carbocycles. The molecule has 0 aliphatic carbocycles. The van der Waals surface area contributed by atoms with Crippen molar-refractivity contribution in [1.29, 1.82) is 0 Å². The van der Waals surface area contributed by atoms with E-state index in [1.54, 1.807) is 6.20 Å². The van der Waals surface area contributed by atoms with Gasteiger partial charge in [0.2, 0.25) is 0 Å². The van der Waals surface area contributed by atoms with Crippen LogP contribution in [0.2, 0.25) is 0 Å². The number of carbonyl (C=O) groups excluding carboxylic acids is 1. The third kappa shape index (κ3) is 4.22. The van der Waals surface area contributed by atoms with E-state index in [-0.39, 0.29) is 30.5 Å². The summed E-state index contributed by atoms with van der Waals surface area (Å²) in [6, 6.07) is 0.349. The van der Waals surface area contributed by atoms with E-state index in [0.717, 1.165) is 32.4 Å². The van der Waals surface area contributed by atoms with Crippen molar-refractivity contribution in [3.05, 3.63) is 11.9 Å². The molecule has 8 heteroatoms. The van der Waals surface area contributed by atoms with Crippen molar-refractivity contribution in [1.82, 2.24) is 25.2 Å². The number of aromatic nitrogens is 3. The van der Waals surface area contributed by atoms with Crippen LogP contribution in [0.15, 0.2) is 6.20 Å². The van der Waals surface area contributed by atoms with E-state index >= 15 is 0 Å². The van der Waals surface area contributed by atoms with E-state index in [1.165, 1.54) is 0 Å². The van der Waals surface area contributed by atoms with Gasteiger partial charge in [-0.1, -0.05) is 12.1 Å². The second-order valence-electron chi connectivity index (χ2n) is 6.25. The maximum atomic E-state index is 12.6. The Morgan fingerprint density at radius 1 is 1.39 bits per heavy atom. The number of hydrogen-bond donors (Lipinski definition) is 1. The minimum Gasteiger partial charge on any atom is -0.372 e. The normalized spacial score (nSPS) is 25.9. The largest absolute Gasteiger partial charge is 0.372 e. The van der Waals surface area contributed by atoms with Gasteiger partial charge in [-0.15, -0.1) is 17.5 Å². The smallest absolute Gasteiger partial charge is 0.276 e. The molecule has 3 rings (SSSR count). The second kappa shape index (κ2) is 8.08. The maximum absolute atomic E-state index is 12.6. The number of nitrogens with zero attached hydrogens (tertiary/aromatic N) is 4. The molecule has 1 amide bonds. The maximum Gasteiger partial charge on any atom is 0.276 e. The van der Waals surface area contributed by atoms with E-state index in [2.05, 4.69) is 22.6 Å². The third-order valence-corrected chi connectivity index (χ3v) is 4.48. The van der Waals surface area contributed by atoms with Gasteiger partial charge in [0.25, 0.3) is 5.91 Å². The van der Waals surface area contributed by atoms with Crippen LogP contribution in [0, 0.1) is 0 Å². The summed E-state index contributed by atoms with van der Waals surface area (Å²) in [5, 5.41) is 11.6. The van der Waals surface area contributed by atoms with Crippen LogP contribution in [0.5, 0.6) is 0 Å². The molecule has 0 radical (unpaired) electrons. The Bertz CT molecular complexity index is 518. The first-order chi connectivity index (χ1) is 10.7. The van der Waals surface area contributed by atoms with Crippen LogP contribution in [0.3, 0.4) is 0 Å². The van der Waals surface area contributed by atoms with Crippen molar-refractivity contribution in [3.8, 4) is 0 Å². The number of ether oxygens (including phenoxy) is 1. The van der Waals surface area contributed by atoms with Crippen LogP contribution < -0.4 is 5.32 Å². The van der Waals surface area contributed by atoms with E-state index in [4.69, 9.17) is 4.74 Å². The van der Waals surface area contributed by atoms with Crippen LogP contribution >= 0.6 is 12.4 Å². The van der Waals surface area contributed by atoms with Crippen molar-refractivity contribution in [2.45, 2.75) is 51.4 Å². The average Bonchev–Trinajstić information content (AvgIpc) is 3.04. The summed E-state index contributed by atoms with van der Waals surface area (Å²) in [5.41, 5.74) is 0.447. The van der Waals surface area contributed by atoms with Gasteiger partial charge in [0.15, 0.2) is 5.69 Å². The molecule has 1 N–H and O–H groups in total. The number of carbonyl (C=O) groups is 1. The lowest BCUT2D eigenvalue weighted by atomic mass is 10.1. The minimum atomic E-state index is -0.0335. The molecule has 7 nitrogen and oxygen atoms in total. The minimum absolute atomic E-state index is 0. The first-order valence-corrected chi connectivity index (χ1v) is 8.24. The molecule has 1 aromatic rings. The summed E-state index contributed by atoms with van der Waals surface area (Å²) in [4.78, 5) is 14.5. The molecule has 2 fully saturated rings. The first kappa shape index (κ1) is 18.2. The molecule has 0 aromatic carbocycles. The van der Waals surface area contributed by atoms with Crippen LogP contribution in [0.1, 0.15) is 49.6 Å². The molecule has 2 unspecified atom stereocenters.